The zero-order valence-corrected chi connectivity index (χ0v) is 28.9. The van der Waals surface area contributed by atoms with E-state index in [-0.39, 0.29) is 45.4 Å². The molecule has 1 aliphatic rings. The molecule has 0 aromatic heterocycles. The number of carbonyl (C=O) groups excluding carboxylic acids is 3. The molecule has 254 valence electrons. The highest BCUT2D eigenvalue weighted by Crippen LogP contribution is 2.40. The molecule has 11 heteroatoms. The molecule has 1 heterocycles. The van der Waals surface area contributed by atoms with Gasteiger partial charge in [0.05, 0.1) is 19.5 Å². The number of hydrogen-bond acceptors (Lipinski definition) is 8. The van der Waals surface area contributed by atoms with Crippen LogP contribution in [0.5, 0.6) is 0 Å². The van der Waals surface area contributed by atoms with Gasteiger partial charge in [-0.1, -0.05) is 67.6 Å². The molecule has 0 spiro atoms. The van der Waals surface area contributed by atoms with E-state index in [1.165, 1.54) is 13.8 Å². The predicted octanol–water partition coefficient (Wildman–Crippen LogP) is 5.61. The molecule has 0 bridgehead atoms. The summed E-state index contributed by atoms with van der Waals surface area (Å²) in [6.45, 7) is 9.41. The Bertz CT molecular complexity index is 1240. The second-order valence-corrected chi connectivity index (χ2v) is 16.5. The van der Waals surface area contributed by atoms with E-state index in [1.807, 2.05) is 60.7 Å². The highest BCUT2D eigenvalue weighted by Gasteiger charge is 2.57. The summed E-state index contributed by atoms with van der Waals surface area (Å²) in [5.41, 5.74) is -2.38. The molecule has 2 unspecified atom stereocenters. The van der Waals surface area contributed by atoms with Crippen LogP contribution in [0.25, 0.3) is 0 Å². The molecule has 1 aliphatic heterocycles. The van der Waals surface area contributed by atoms with Crippen molar-refractivity contribution in [3.63, 3.8) is 0 Å². The van der Waals surface area contributed by atoms with Gasteiger partial charge in [-0.05, 0) is 69.8 Å². The number of alkyl halides is 2. The number of carbonyl (C=O) groups is 3. The van der Waals surface area contributed by atoms with Crippen molar-refractivity contribution in [2.75, 3.05) is 13.3 Å². The SMILES string of the molecule is CCCC(F)OC(=O)[C@]1(CCOC(C)=O)CC[C@H](C(=O)OC(C)(C)C)N1CO[Si](CCC(C)F)(c1ccccc1)c1ccccc1. The average Bonchev–Trinajstić information content (AvgIpc) is 3.37. The van der Waals surface area contributed by atoms with E-state index in [0.717, 1.165) is 10.4 Å². The molecule has 0 aliphatic carbocycles. The zero-order valence-electron chi connectivity index (χ0n) is 27.9. The van der Waals surface area contributed by atoms with Crippen LogP contribution in [0.4, 0.5) is 8.78 Å². The lowest BCUT2D eigenvalue weighted by atomic mass is 9.92. The van der Waals surface area contributed by atoms with Crippen molar-refractivity contribution >= 4 is 36.6 Å². The van der Waals surface area contributed by atoms with Crippen molar-refractivity contribution in [2.24, 2.45) is 0 Å². The van der Waals surface area contributed by atoms with Crippen LogP contribution in [0.3, 0.4) is 0 Å². The van der Waals surface area contributed by atoms with Gasteiger partial charge in [0.25, 0.3) is 8.32 Å². The van der Waals surface area contributed by atoms with Crippen molar-refractivity contribution in [3.05, 3.63) is 60.7 Å². The van der Waals surface area contributed by atoms with Crippen molar-refractivity contribution in [3.8, 4) is 0 Å². The van der Waals surface area contributed by atoms with Gasteiger partial charge in [0.2, 0.25) is 6.36 Å². The first-order valence-electron chi connectivity index (χ1n) is 16.1. The molecule has 2 aromatic rings. The number of hydrogen-bond donors (Lipinski definition) is 0. The molecule has 2 aromatic carbocycles. The Hall–Kier alpha value is -3.15. The molecule has 0 saturated carbocycles. The van der Waals surface area contributed by atoms with Gasteiger partial charge >= 0.3 is 17.9 Å². The molecule has 46 heavy (non-hydrogen) atoms. The lowest BCUT2D eigenvalue weighted by Gasteiger charge is -2.42. The second kappa shape index (κ2) is 16.6. The van der Waals surface area contributed by atoms with Crippen LogP contribution in [0.2, 0.25) is 6.04 Å². The normalized spacial score (nSPS) is 20.1. The largest absolute Gasteiger partial charge is 0.466 e. The maximum Gasteiger partial charge on any atom is 0.329 e. The van der Waals surface area contributed by atoms with Crippen LogP contribution in [0.15, 0.2) is 60.7 Å². The molecule has 0 radical (unpaired) electrons. The number of likely N-dealkylation sites (tertiary alicyclic amines) is 1. The number of nitrogens with zero attached hydrogens (tertiary/aromatic N) is 1. The first-order chi connectivity index (χ1) is 21.7. The zero-order chi connectivity index (χ0) is 34.0. The monoisotopic (exact) mass is 661 g/mol. The van der Waals surface area contributed by atoms with E-state index in [0.29, 0.717) is 12.5 Å². The van der Waals surface area contributed by atoms with Crippen molar-refractivity contribution < 1.29 is 41.8 Å². The summed E-state index contributed by atoms with van der Waals surface area (Å²) in [4.78, 5) is 41.0. The maximum atomic E-state index is 14.8. The Morgan fingerprint density at radius 3 is 2.09 bits per heavy atom. The highest BCUT2D eigenvalue weighted by atomic mass is 28.4. The number of esters is 3. The second-order valence-electron chi connectivity index (χ2n) is 12.9. The molecular formula is C35H49F2NO7Si. The van der Waals surface area contributed by atoms with Crippen LogP contribution in [0, 0.1) is 0 Å². The summed E-state index contributed by atoms with van der Waals surface area (Å²) in [5, 5.41) is 1.80. The Labute approximate surface area is 272 Å². The predicted molar refractivity (Wildman–Crippen MR) is 174 cm³/mol. The fourth-order valence-electron chi connectivity index (χ4n) is 5.96. The maximum absolute atomic E-state index is 14.8. The fraction of sp³-hybridized carbons (Fsp3) is 0.571. The third kappa shape index (κ3) is 9.68. The molecule has 0 N–H and O–H groups in total. The van der Waals surface area contributed by atoms with Gasteiger partial charge in [-0.15, -0.1) is 0 Å². The van der Waals surface area contributed by atoms with Gasteiger partial charge < -0.3 is 18.6 Å². The third-order valence-electron chi connectivity index (χ3n) is 8.21. The van der Waals surface area contributed by atoms with E-state index >= 15 is 0 Å². The van der Waals surface area contributed by atoms with Crippen LogP contribution >= 0.6 is 0 Å². The Balaban J connectivity index is 2.15. The van der Waals surface area contributed by atoms with E-state index in [9.17, 15) is 23.2 Å². The van der Waals surface area contributed by atoms with E-state index in [4.69, 9.17) is 18.6 Å². The minimum atomic E-state index is -3.23. The van der Waals surface area contributed by atoms with Crippen molar-refractivity contribution in [2.45, 2.75) is 116 Å². The number of rotatable bonds is 16. The first kappa shape index (κ1) is 37.3. The fourth-order valence-corrected chi connectivity index (χ4v) is 9.97. The highest BCUT2D eigenvalue weighted by molar-refractivity contribution is 6.97. The lowest BCUT2D eigenvalue weighted by Crippen LogP contribution is -2.64. The van der Waals surface area contributed by atoms with E-state index in [1.54, 1.807) is 32.6 Å². The van der Waals surface area contributed by atoms with Gasteiger partial charge in [0.15, 0.2) is 0 Å². The number of ether oxygens (including phenoxy) is 3. The molecule has 1 saturated heterocycles. The minimum Gasteiger partial charge on any atom is -0.466 e. The molecule has 3 rings (SSSR count). The Morgan fingerprint density at radius 1 is 1.00 bits per heavy atom. The smallest absolute Gasteiger partial charge is 0.329 e. The van der Waals surface area contributed by atoms with Gasteiger partial charge in [-0.2, -0.15) is 0 Å². The minimum absolute atomic E-state index is 0.0111. The summed E-state index contributed by atoms with van der Waals surface area (Å²) in [5.74, 6) is -1.96. The summed E-state index contributed by atoms with van der Waals surface area (Å²) >= 11 is 0. The van der Waals surface area contributed by atoms with E-state index in [2.05, 4.69) is 0 Å². The quantitative estimate of drug-likeness (QED) is 0.130. The van der Waals surface area contributed by atoms with Crippen LogP contribution in [0.1, 0.15) is 80.1 Å². The standard InChI is InChI=1S/C35H49F2NO7Si/c1-7-14-31(37)44-33(41)35(22-23-42-27(3)39)21-19-30(32(40)45-34(4,5)6)38(35)25-43-46(24-20-26(2)36,28-15-10-8-11-16-28)29-17-12-9-13-18-29/h8-13,15-18,26,30-31H,7,14,19-25H2,1-6H3/t26?,30-,31?,35-/m1/s1. The summed E-state index contributed by atoms with van der Waals surface area (Å²) in [7, 11) is -3.23. The van der Waals surface area contributed by atoms with Crippen LogP contribution in [-0.4, -0.2) is 74.2 Å². The molecule has 8 nitrogen and oxygen atoms in total. The van der Waals surface area contributed by atoms with Crippen LogP contribution in [-0.2, 0) is 33.0 Å². The summed E-state index contributed by atoms with van der Waals surface area (Å²) in [6.07, 6.45) is -1.99. The number of halogens is 2. The molecule has 4 atom stereocenters. The summed E-state index contributed by atoms with van der Waals surface area (Å²) < 4.78 is 52.7. The third-order valence-corrected chi connectivity index (χ3v) is 12.4. The van der Waals surface area contributed by atoms with Gasteiger partial charge in [-0.25, -0.2) is 13.6 Å². The molecule has 1 fully saturated rings. The van der Waals surface area contributed by atoms with Gasteiger partial charge in [-0.3, -0.25) is 14.5 Å². The summed E-state index contributed by atoms with van der Waals surface area (Å²) in [6, 6.07) is 18.7. The Morgan fingerprint density at radius 2 is 1.59 bits per heavy atom. The first-order valence-corrected chi connectivity index (χ1v) is 18.2. The average molecular weight is 662 g/mol. The lowest BCUT2D eigenvalue weighted by molar-refractivity contribution is -0.180. The molecular weight excluding hydrogens is 612 g/mol. The van der Waals surface area contributed by atoms with Crippen molar-refractivity contribution in [1.82, 2.24) is 4.90 Å². The van der Waals surface area contributed by atoms with Gasteiger partial charge in [0.1, 0.15) is 17.2 Å². The molecule has 0 amide bonds. The van der Waals surface area contributed by atoms with Gasteiger partial charge in [0, 0.05) is 19.8 Å². The topological polar surface area (TPSA) is 91.4 Å². The van der Waals surface area contributed by atoms with Crippen molar-refractivity contribution in [1.29, 1.82) is 0 Å². The Kier molecular flexibility index (Phi) is 13.5. The van der Waals surface area contributed by atoms with Crippen LogP contribution < -0.4 is 10.4 Å². The van der Waals surface area contributed by atoms with E-state index < -0.39 is 55.9 Å². The number of benzene rings is 2.